The molecule has 0 aliphatic carbocycles. The highest BCUT2D eigenvalue weighted by Crippen LogP contribution is 2.34. The van der Waals surface area contributed by atoms with Crippen molar-refractivity contribution < 1.29 is 4.79 Å². The van der Waals surface area contributed by atoms with E-state index in [0.717, 1.165) is 19.4 Å². The first kappa shape index (κ1) is 12.1. The summed E-state index contributed by atoms with van der Waals surface area (Å²) in [5, 5.41) is 0. The second kappa shape index (κ2) is 4.88. The van der Waals surface area contributed by atoms with Gasteiger partial charge in [0.15, 0.2) is 0 Å². The molecule has 1 amide bonds. The van der Waals surface area contributed by atoms with Crippen molar-refractivity contribution in [1.29, 1.82) is 0 Å². The zero-order valence-corrected chi connectivity index (χ0v) is 10.6. The molecule has 0 spiro atoms. The molecule has 92 valence electrons. The van der Waals surface area contributed by atoms with Gasteiger partial charge in [-0.2, -0.15) is 0 Å². The molecule has 1 atom stereocenters. The Labute approximate surface area is 103 Å². The minimum atomic E-state index is 0.0633. The molecule has 0 aromatic heterocycles. The van der Waals surface area contributed by atoms with Crippen molar-refractivity contribution in [2.75, 3.05) is 13.1 Å². The standard InChI is InChI=1S/C14H20N2O/c1-10-5-3-6-12(11(10)2)13-7-4-8-16(13)14(17)9-15/h3,5-6,13H,4,7-9,15H2,1-2H3/t13-/m0/s1. The van der Waals surface area contributed by atoms with Crippen LogP contribution in [0.2, 0.25) is 0 Å². The molecule has 17 heavy (non-hydrogen) atoms. The van der Waals surface area contributed by atoms with Crippen molar-refractivity contribution in [2.45, 2.75) is 32.7 Å². The SMILES string of the molecule is Cc1cccc([C@@H]2CCCN2C(=O)CN)c1C. The molecule has 3 nitrogen and oxygen atoms in total. The summed E-state index contributed by atoms with van der Waals surface area (Å²) in [7, 11) is 0. The van der Waals surface area contributed by atoms with E-state index in [1.807, 2.05) is 4.90 Å². The predicted molar refractivity (Wildman–Crippen MR) is 68.7 cm³/mol. The van der Waals surface area contributed by atoms with Crippen LogP contribution in [0.4, 0.5) is 0 Å². The molecule has 1 aromatic carbocycles. The topological polar surface area (TPSA) is 46.3 Å². The van der Waals surface area contributed by atoms with Crippen LogP contribution in [0.15, 0.2) is 18.2 Å². The molecule has 0 unspecified atom stereocenters. The van der Waals surface area contributed by atoms with E-state index >= 15 is 0 Å². The van der Waals surface area contributed by atoms with Gasteiger partial charge in [-0.05, 0) is 43.4 Å². The molecule has 1 heterocycles. The van der Waals surface area contributed by atoms with Crippen LogP contribution < -0.4 is 5.73 Å². The molecule has 1 aliphatic heterocycles. The lowest BCUT2D eigenvalue weighted by Crippen LogP contribution is -2.35. The van der Waals surface area contributed by atoms with E-state index in [4.69, 9.17) is 5.73 Å². The van der Waals surface area contributed by atoms with Crippen LogP contribution in [0.25, 0.3) is 0 Å². The Morgan fingerprint density at radius 3 is 2.94 bits per heavy atom. The van der Waals surface area contributed by atoms with Gasteiger partial charge >= 0.3 is 0 Å². The normalized spacial score (nSPS) is 19.7. The second-order valence-electron chi connectivity index (χ2n) is 4.74. The maximum Gasteiger partial charge on any atom is 0.236 e. The van der Waals surface area contributed by atoms with Crippen LogP contribution >= 0.6 is 0 Å². The van der Waals surface area contributed by atoms with E-state index in [9.17, 15) is 4.79 Å². The Kier molecular flexibility index (Phi) is 3.48. The first-order valence-corrected chi connectivity index (χ1v) is 6.20. The lowest BCUT2D eigenvalue weighted by atomic mass is 9.96. The van der Waals surface area contributed by atoms with E-state index in [-0.39, 0.29) is 18.5 Å². The van der Waals surface area contributed by atoms with Crippen molar-refractivity contribution >= 4 is 5.91 Å². The molecule has 1 aliphatic rings. The minimum absolute atomic E-state index is 0.0633. The summed E-state index contributed by atoms with van der Waals surface area (Å²) in [5.41, 5.74) is 9.34. The third-order valence-electron chi connectivity index (χ3n) is 3.75. The third kappa shape index (κ3) is 2.20. The van der Waals surface area contributed by atoms with Gasteiger partial charge in [-0.15, -0.1) is 0 Å². The summed E-state index contributed by atoms with van der Waals surface area (Å²) >= 11 is 0. The Hall–Kier alpha value is -1.35. The molecule has 0 saturated carbocycles. The van der Waals surface area contributed by atoms with Crippen molar-refractivity contribution in [3.05, 3.63) is 34.9 Å². The fourth-order valence-corrected chi connectivity index (χ4v) is 2.64. The van der Waals surface area contributed by atoms with E-state index in [0.29, 0.717) is 0 Å². The number of likely N-dealkylation sites (tertiary alicyclic amines) is 1. The van der Waals surface area contributed by atoms with Crippen LogP contribution in [0.1, 0.15) is 35.6 Å². The van der Waals surface area contributed by atoms with E-state index in [1.165, 1.54) is 16.7 Å². The number of carbonyl (C=O) groups is 1. The molecule has 3 heteroatoms. The van der Waals surface area contributed by atoms with Gasteiger partial charge in [0.1, 0.15) is 0 Å². The molecule has 1 fully saturated rings. The summed E-state index contributed by atoms with van der Waals surface area (Å²) in [5.74, 6) is 0.0633. The molecule has 1 saturated heterocycles. The molecular formula is C14H20N2O. The number of rotatable bonds is 2. The maximum absolute atomic E-state index is 11.8. The highest BCUT2D eigenvalue weighted by Gasteiger charge is 2.29. The molecule has 2 rings (SSSR count). The van der Waals surface area contributed by atoms with Crippen molar-refractivity contribution in [3.63, 3.8) is 0 Å². The summed E-state index contributed by atoms with van der Waals surface area (Å²) in [6.45, 7) is 5.20. The van der Waals surface area contributed by atoms with E-state index in [1.54, 1.807) is 0 Å². The Bertz CT molecular complexity index is 428. The van der Waals surface area contributed by atoms with Gasteiger partial charge in [0.25, 0.3) is 0 Å². The van der Waals surface area contributed by atoms with Crippen LogP contribution in [0.5, 0.6) is 0 Å². The number of hydrogen-bond acceptors (Lipinski definition) is 2. The third-order valence-corrected chi connectivity index (χ3v) is 3.75. The number of benzene rings is 1. The highest BCUT2D eigenvalue weighted by molar-refractivity contribution is 5.78. The number of nitrogens with zero attached hydrogens (tertiary/aromatic N) is 1. The summed E-state index contributed by atoms with van der Waals surface area (Å²) in [6.07, 6.45) is 2.12. The van der Waals surface area contributed by atoms with Gasteiger partial charge in [0.2, 0.25) is 5.91 Å². The molecule has 1 aromatic rings. The second-order valence-corrected chi connectivity index (χ2v) is 4.74. The summed E-state index contributed by atoms with van der Waals surface area (Å²) in [4.78, 5) is 13.7. The van der Waals surface area contributed by atoms with Gasteiger partial charge in [-0.25, -0.2) is 0 Å². The van der Waals surface area contributed by atoms with Crippen LogP contribution in [-0.2, 0) is 4.79 Å². The maximum atomic E-state index is 11.8. The number of nitrogens with two attached hydrogens (primary N) is 1. The molecule has 0 radical (unpaired) electrons. The molecule has 0 bridgehead atoms. The quantitative estimate of drug-likeness (QED) is 0.847. The van der Waals surface area contributed by atoms with Crippen LogP contribution in [-0.4, -0.2) is 23.9 Å². The van der Waals surface area contributed by atoms with Crippen molar-refractivity contribution in [1.82, 2.24) is 4.90 Å². The van der Waals surface area contributed by atoms with Gasteiger partial charge in [0.05, 0.1) is 12.6 Å². The first-order chi connectivity index (χ1) is 8.15. The monoisotopic (exact) mass is 232 g/mol. The fraction of sp³-hybridized carbons (Fsp3) is 0.500. The lowest BCUT2D eigenvalue weighted by Gasteiger charge is -2.26. The number of carbonyl (C=O) groups excluding carboxylic acids is 1. The zero-order valence-electron chi connectivity index (χ0n) is 10.6. The largest absolute Gasteiger partial charge is 0.335 e. The van der Waals surface area contributed by atoms with Crippen LogP contribution in [0.3, 0.4) is 0 Å². The van der Waals surface area contributed by atoms with Gasteiger partial charge < -0.3 is 10.6 Å². The average molecular weight is 232 g/mol. The predicted octanol–water partition coefficient (Wildman–Crippen LogP) is 1.93. The lowest BCUT2D eigenvalue weighted by molar-refractivity contribution is -0.130. The molecule has 2 N–H and O–H groups in total. The first-order valence-electron chi connectivity index (χ1n) is 6.20. The van der Waals surface area contributed by atoms with Crippen LogP contribution in [0, 0.1) is 13.8 Å². The molecular weight excluding hydrogens is 212 g/mol. The zero-order chi connectivity index (χ0) is 12.4. The summed E-state index contributed by atoms with van der Waals surface area (Å²) in [6, 6.07) is 6.55. The smallest absolute Gasteiger partial charge is 0.236 e. The van der Waals surface area contributed by atoms with Gasteiger partial charge in [-0.1, -0.05) is 18.2 Å². The van der Waals surface area contributed by atoms with E-state index in [2.05, 4.69) is 32.0 Å². The van der Waals surface area contributed by atoms with E-state index < -0.39 is 0 Å². The number of hydrogen-bond donors (Lipinski definition) is 1. The highest BCUT2D eigenvalue weighted by atomic mass is 16.2. The number of amides is 1. The van der Waals surface area contributed by atoms with Crippen molar-refractivity contribution in [2.24, 2.45) is 5.73 Å². The Balaban J connectivity index is 2.32. The minimum Gasteiger partial charge on any atom is -0.335 e. The fourth-order valence-electron chi connectivity index (χ4n) is 2.64. The number of aryl methyl sites for hydroxylation is 1. The average Bonchev–Trinajstić information content (AvgIpc) is 2.80. The van der Waals surface area contributed by atoms with Crippen molar-refractivity contribution in [3.8, 4) is 0 Å². The summed E-state index contributed by atoms with van der Waals surface area (Å²) < 4.78 is 0. The van der Waals surface area contributed by atoms with Gasteiger partial charge in [0, 0.05) is 6.54 Å². The Morgan fingerprint density at radius 1 is 1.47 bits per heavy atom. The van der Waals surface area contributed by atoms with Gasteiger partial charge in [-0.3, -0.25) is 4.79 Å². The Morgan fingerprint density at radius 2 is 2.24 bits per heavy atom.